The van der Waals surface area contributed by atoms with Gasteiger partial charge in [-0.25, -0.2) is 4.79 Å². The summed E-state index contributed by atoms with van der Waals surface area (Å²) in [4.78, 5) is 24.4. The summed E-state index contributed by atoms with van der Waals surface area (Å²) < 4.78 is 6.11. The largest absolute Gasteiger partial charge is 0.619 e. The van der Waals surface area contributed by atoms with Gasteiger partial charge in [0.05, 0.1) is 11.1 Å². The van der Waals surface area contributed by atoms with Gasteiger partial charge in [0.1, 0.15) is 6.10 Å². The molecule has 1 aliphatic rings. The van der Waals surface area contributed by atoms with Crippen molar-refractivity contribution in [3.05, 3.63) is 65.1 Å². The lowest BCUT2D eigenvalue weighted by atomic mass is 10.1. The molecule has 0 saturated carbocycles. The molecule has 7 nitrogen and oxygen atoms in total. The number of carbonyl (C=O) groups is 2. The van der Waals surface area contributed by atoms with Gasteiger partial charge in [0, 0.05) is 17.8 Å². The van der Waals surface area contributed by atoms with Crippen molar-refractivity contribution in [2.75, 3.05) is 18.4 Å². The van der Waals surface area contributed by atoms with Gasteiger partial charge in [-0.05, 0) is 44.1 Å². The standard InChI is InChI=1S/C18H19N3O4.ClH/c22-17(13-6-10-21(24)11-7-13)20-15-3-1-2-14(12-15)18(23)25-16-4-8-19-9-5-16;/h1-3,6-7,10-12,16,19H,4-5,8-9H2,(H,20,22);1H. The summed E-state index contributed by atoms with van der Waals surface area (Å²) >= 11 is 0. The van der Waals surface area contributed by atoms with Crippen molar-refractivity contribution in [3.63, 3.8) is 0 Å². The van der Waals surface area contributed by atoms with Crippen LogP contribution in [0.25, 0.3) is 0 Å². The predicted molar refractivity (Wildman–Crippen MR) is 98.4 cm³/mol. The minimum absolute atomic E-state index is 0. The maximum atomic E-state index is 12.3. The number of aromatic nitrogens is 1. The summed E-state index contributed by atoms with van der Waals surface area (Å²) in [5, 5.41) is 16.9. The number of amides is 1. The van der Waals surface area contributed by atoms with Gasteiger partial charge in [0.2, 0.25) is 0 Å². The Balaban J connectivity index is 0.00000243. The molecule has 0 radical (unpaired) electrons. The summed E-state index contributed by atoms with van der Waals surface area (Å²) in [5.74, 6) is -0.750. The summed E-state index contributed by atoms with van der Waals surface area (Å²) in [6, 6.07) is 9.47. The monoisotopic (exact) mass is 377 g/mol. The molecule has 0 unspecified atom stereocenters. The molecule has 1 aliphatic heterocycles. The van der Waals surface area contributed by atoms with Crippen molar-refractivity contribution >= 4 is 30.0 Å². The molecule has 3 rings (SSSR count). The van der Waals surface area contributed by atoms with Crippen LogP contribution in [0.5, 0.6) is 0 Å². The van der Waals surface area contributed by atoms with Crippen LogP contribution in [0, 0.1) is 5.21 Å². The van der Waals surface area contributed by atoms with Crippen molar-refractivity contribution in [1.29, 1.82) is 0 Å². The molecule has 0 spiro atoms. The highest BCUT2D eigenvalue weighted by molar-refractivity contribution is 6.04. The molecule has 0 atom stereocenters. The zero-order valence-electron chi connectivity index (χ0n) is 14.0. The molecule has 1 amide bonds. The van der Waals surface area contributed by atoms with E-state index in [9.17, 15) is 14.8 Å². The smallest absolute Gasteiger partial charge is 0.338 e. The van der Waals surface area contributed by atoms with Crippen LogP contribution in [-0.2, 0) is 4.74 Å². The van der Waals surface area contributed by atoms with Crippen LogP contribution < -0.4 is 15.4 Å². The summed E-state index contributed by atoms with van der Waals surface area (Å²) in [5.41, 5.74) is 1.24. The van der Waals surface area contributed by atoms with Crippen LogP contribution in [-0.4, -0.2) is 31.1 Å². The zero-order chi connectivity index (χ0) is 17.6. The highest BCUT2D eigenvalue weighted by Crippen LogP contribution is 2.16. The van der Waals surface area contributed by atoms with E-state index in [2.05, 4.69) is 10.6 Å². The second-order valence-electron chi connectivity index (χ2n) is 5.84. The minimum atomic E-state index is -0.393. The fraction of sp³-hybridized carbons (Fsp3) is 0.278. The lowest BCUT2D eigenvalue weighted by molar-refractivity contribution is -0.605. The molecule has 2 aromatic rings. The van der Waals surface area contributed by atoms with E-state index in [1.807, 2.05) is 0 Å². The average molecular weight is 378 g/mol. The lowest BCUT2D eigenvalue weighted by Gasteiger charge is -2.22. The molecule has 1 saturated heterocycles. The normalized spacial score (nSPS) is 14.2. The number of halogens is 1. The number of ether oxygens (including phenoxy) is 1. The summed E-state index contributed by atoms with van der Waals surface area (Å²) in [7, 11) is 0. The fourth-order valence-corrected chi connectivity index (χ4v) is 2.62. The van der Waals surface area contributed by atoms with Crippen molar-refractivity contribution in [2.24, 2.45) is 0 Å². The van der Waals surface area contributed by atoms with Crippen LogP contribution >= 0.6 is 12.4 Å². The number of piperidine rings is 1. The number of benzene rings is 1. The number of nitrogens with zero attached hydrogens (tertiary/aromatic N) is 1. The molecular formula is C18H20ClN3O4. The van der Waals surface area contributed by atoms with Crippen LogP contribution in [0.4, 0.5) is 5.69 Å². The maximum Gasteiger partial charge on any atom is 0.338 e. The Morgan fingerprint density at radius 2 is 1.81 bits per heavy atom. The number of anilines is 1. The number of hydrogen-bond donors (Lipinski definition) is 2. The Kier molecular flexibility index (Phi) is 6.94. The van der Waals surface area contributed by atoms with Crippen LogP contribution in [0.15, 0.2) is 48.8 Å². The number of rotatable bonds is 4. The molecule has 0 bridgehead atoms. The van der Waals surface area contributed by atoms with Gasteiger partial charge >= 0.3 is 5.97 Å². The summed E-state index contributed by atoms with van der Waals surface area (Å²) in [6.07, 6.45) is 4.03. The first-order valence-corrected chi connectivity index (χ1v) is 8.14. The zero-order valence-corrected chi connectivity index (χ0v) is 14.8. The molecule has 2 heterocycles. The number of pyridine rings is 1. The van der Waals surface area contributed by atoms with E-state index in [-0.39, 0.29) is 24.4 Å². The SMILES string of the molecule is Cl.O=C(Nc1cccc(C(=O)OC2CCNCC2)c1)c1cc[n+]([O-])cc1. The first-order valence-electron chi connectivity index (χ1n) is 8.14. The summed E-state index contributed by atoms with van der Waals surface area (Å²) in [6.45, 7) is 1.68. The molecular weight excluding hydrogens is 358 g/mol. The van der Waals surface area contributed by atoms with Gasteiger partial charge in [-0.15, -0.1) is 12.4 Å². The molecule has 1 fully saturated rings. The Labute approximate surface area is 157 Å². The second-order valence-corrected chi connectivity index (χ2v) is 5.84. The van der Waals surface area contributed by atoms with E-state index in [1.54, 1.807) is 24.3 Å². The van der Waals surface area contributed by atoms with Gasteiger partial charge in [0.15, 0.2) is 12.4 Å². The van der Waals surface area contributed by atoms with E-state index in [4.69, 9.17) is 4.74 Å². The topological polar surface area (TPSA) is 94.4 Å². The molecule has 2 N–H and O–H groups in total. The Morgan fingerprint density at radius 1 is 1.12 bits per heavy atom. The van der Waals surface area contributed by atoms with E-state index in [1.165, 1.54) is 24.5 Å². The minimum Gasteiger partial charge on any atom is -0.619 e. The third kappa shape index (κ3) is 5.18. The quantitative estimate of drug-likeness (QED) is 0.482. The van der Waals surface area contributed by atoms with Gasteiger partial charge in [-0.3, -0.25) is 4.79 Å². The molecule has 26 heavy (non-hydrogen) atoms. The van der Waals surface area contributed by atoms with Crippen LogP contribution in [0.3, 0.4) is 0 Å². The van der Waals surface area contributed by atoms with Crippen molar-refractivity contribution in [2.45, 2.75) is 18.9 Å². The van der Waals surface area contributed by atoms with Gasteiger partial charge in [-0.1, -0.05) is 6.07 Å². The third-order valence-electron chi connectivity index (χ3n) is 3.98. The van der Waals surface area contributed by atoms with Crippen LogP contribution in [0.2, 0.25) is 0 Å². The predicted octanol–water partition coefficient (Wildman–Crippen LogP) is 1.90. The van der Waals surface area contributed by atoms with Gasteiger partial charge in [-0.2, -0.15) is 4.73 Å². The van der Waals surface area contributed by atoms with E-state index >= 15 is 0 Å². The average Bonchev–Trinajstić information content (AvgIpc) is 2.63. The van der Waals surface area contributed by atoms with Crippen molar-refractivity contribution in [1.82, 2.24) is 5.32 Å². The number of esters is 1. The number of carbonyl (C=O) groups excluding carboxylic acids is 2. The third-order valence-corrected chi connectivity index (χ3v) is 3.98. The van der Waals surface area contributed by atoms with E-state index in [0.29, 0.717) is 21.5 Å². The first kappa shape index (κ1) is 19.7. The van der Waals surface area contributed by atoms with E-state index < -0.39 is 5.97 Å². The molecule has 1 aromatic heterocycles. The molecule has 138 valence electrons. The van der Waals surface area contributed by atoms with Crippen molar-refractivity contribution < 1.29 is 19.1 Å². The Hall–Kier alpha value is -2.64. The Bertz CT molecular complexity index is 761. The van der Waals surface area contributed by atoms with E-state index in [0.717, 1.165) is 25.9 Å². The number of nitrogens with one attached hydrogen (secondary N) is 2. The van der Waals surface area contributed by atoms with Crippen molar-refractivity contribution in [3.8, 4) is 0 Å². The van der Waals surface area contributed by atoms with Gasteiger partial charge in [0.25, 0.3) is 5.91 Å². The number of hydrogen-bond acceptors (Lipinski definition) is 5. The Morgan fingerprint density at radius 3 is 2.50 bits per heavy atom. The molecule has 8 heteroatoms. The maximum absolute atomic E-state index is 12.3. The highest BCUT2D eigenvalue weighted by atomic mass is 35.5. The molecule has 0 aliphatic carbocycles. The van der Waals surface area contributed by atoms with Crippen LogP contribution in [0.1, 0.15) is 33.6 Å². The first-order chi connectivity index (χ1) is 12.1. The highest BCUT2D eigenvalue weighted by Gasteiger charge is 2.19. The molecule has 1 aromatic carbocycles. The van der Waals surface area contributed by atoms with Gasteiger partial charge < -0.3 is 20.6 Å². The fourth-order valence-electron chi connectivity index (χ4n) is 2.62. The second kappa shape index (κ2) is 9.17. The lowest BCUT2D eigenvalue weighted by Crippen LogP contribution is -2.33.